The molecule has 1 aliphatic rings. The fourth-order valence-corrected chi connectivity index (χ4v) is 4.68. The Kier molecular flexibility index (Phi) is 6.56. The summed E-state index contributed by atoms with van der Waals surface area (Å²) in [6.07, 6.45) is 0. The van der Waals surface area contributed by atoms with E-state index in [1.54, 1.807) is 24.3 Å². The van der Waals surface area contributed by atoms with Gasteiger partial charge in [0.15, 0.2) is 0 Å². The standard InChI is InChI=1S/C19H21ClN2O5S/c20-16-5-6-18(23)17(11-16)19(24)21-12-14-3-1-2-4-15(14)13-28(25,26)22-7-9-27-10-8-22/h1-6,11,23H,7-10,12-13H2,(H,21,24). The van der Waals surface area contributed by atoms with Gasteiger partial charge in [-0.2, -0.15) is 4.31 Å². The van der Waals surface area contributed by atoms with Crippen LogP contribution in [0.15, 0.2) is 42.5 Å². The largest absolute Gasteiger partial charge is 0.507 e. The van der Waals surface area contributed by atoms with Crippen LogP contribution in [0.25, 0.3) is 0 Å². The molecule has 0 radical (unpaired) electrons. The number of amides is 1. The Morgan fingerprint density at radius 1 is 1.14 bits per heavy atom. The number of sulfonamides is 1. The summed E-state index contributed by atoms with van der Waals surface area (Å²) in [6, 6.07) is 11.3. The maximum Gasteiger partial charge on any atom is 0.255 e. The molecule has 2 aromatic carbocycles. The molecule has 150 valence electrons. The molecule has 3 rings (SSSR count). The number of phenols is 1. The van der Waals surface area contributed by atoms with Gasteiger partial charge in [-0.15, -0.1) is 0 Å². The minimum absolute atomic E-state index is 0.0610. The van der Waals surface area contributed by atoms with Crippen molar-refractivity contribution in [2.24, 2.45) is 0 Å². The van der Waals surface area contributed by atoms with Crippen molar-refractivity contribution in [3.8, 4) is 5.75 Å². The number of hydrogen-bond donors (Lipinski definition) is 2. The third kappa shape index (κ3) is 5.02. The third-order valence-corrected chi connectivity index (χ3v) is 6.53. The van der Waals surface area contributed by atoms with Crippen LogP contribution >= 0.6 is 11.6 Å². The number of nitrogens with one attached hydrogen (secondary N) is 1. The number of nitrogens with zero attached hydrogens (tertiary/aromatic N) is 1. The summed E-state index contributed by atoms with van der Waals surface area (Å²) in [5, 5.41) is 12.9. The van der Waals surface area contributed by atoms with Crippen LogP contribution in [-0.2, 0) is 27.1 Å². The van der Waals surface area contributed by atoms with Gasteiger partial charge in [0, 0.05) is 24.7 Å². The molecule has 0 bridgehead atoms. The van der Waals surface area contributed by atoms with E-state index in [0.29, 0.717) is 42.5 Å². The first-order valence-electron chi connectivity index (χ1n) is 8.76. The number of carbonyl (C=O) groups is 1. The first-order valence-corrected chi connectivity index (χ1v) is 10.7. The Labute approximate surface area is 168 Å². The van der Waals surface area contributed by atoms with Crippen LogP contribution in [0.3, 0.4) is 0 Å². The molecule has 0 aliphatic carbocycles. The molecule has 0 atom stereocenters. The van der Waals surface area contributed by atoms with Crippen LogP contribution in [0.1, 0.15) is 21.5 Å². The average Bonchev–Trinajstić information content (AvgIpc) is 2.69. The molecular weight excluding hydrogens is 404 g/mol. The fourth-order valence-electron chi connectivity index (χ4n) is 2.94. The van der Waals surface area contributed by atoms with Gasteiger partial charge in [0.2, 0.25) is 10.0 Å². The van der Waals surface area contributed by atoms with Gasteiger partial charge in [-0.25, -0.2) is 8.42 Å². The lowest BCUT2D eigenvalue weighted by atomic mass is 10.1. The molecule has 2 aromatic rings. The zero-order valence-electron chi connectivity index (χ0n) is 15.1. The molecule has 0 saturated carbocycles. The molecule has 1 heterocycles. The van der Waals surface area contributed by atoms with Crippen molar-refractivity contribution in [1.82, 2.24) is 9.62 Å². The van der Waals surface area contributed by atoms with Gasteiger partial charge in [0.1, 0.15) is 5.75 Å². The van der Waals surface area contributed by atoms with Gasteiger partial charge in [-0.05, 0) is 29.3 Å². The smallest absolute Gasteiger partial charge is 0.255 e. The average molecular weight is 425 g/mol. The number of halogens is 1. The van der Waals surface area contributed by atoms with E-state index in [4.69, 9.17) is 16.3 Å². The van der Waals surface area contributed by atoms with Crippen molar-refractivity contribution in [2.75, 3.05) is 26.3 Å². The van der Waals surface area contributed by atoms with Crippen molar-refractivity contribution < 1.29 is 23.1 Å². The number of ether oxygens (including phenoxy) is 1. The summed E-state index contributed by atoms with van der Waals surface area (Å²) in [7, 11) is -3.48. The maximum absolute atomic E-state index is 12.7. The number of phenolic OH excluding ortho intramolecular Hbond substituents is 1. The van der Waals surface area contributed by atoms with Gasteiger partial charge >= 0.3 is 0 Å². The minimum atomic E-state index is -3.48. The summed E-state index contributed by atoms with van der Waals surface area (Å²) in [6.45, 7) is 1.59. The highest BCUT2D eigenvalue weighted by atomic mass is 35.5. The Morgan fingerprint density at radius 2 is 1.82 bits per heavy atom. The van der Waals surface area contributed by atoms with Crippen molar-refractivity contribution in [3.05, 3.63) is 64.2 Å². The van der Waals surface area contributed by atoms with E-state index in [2.05, 4.69) is 5.32 Å². The number of aromatic hydroxyl groups is 1. The fraction of sp³-hybridized carbons (Fsp3) is 0.316. The van der Waals surface area contributed by atoms with Crippen LogP contribution in [-0.4, -0.2) is 50.0 Å². The van der Waals surface area contributed by atoms with Crippen molar-refractivity contribution in [3.63, 3.8) is 0 Å². The topological polar surface area (TPSA) is 95.9 Å². The lowest BCUT2D eigenvalue weighted by molar-refractivity contribution is 0.0729. The number of hydrogen-bond acceptors (Lipinski definition) is 5. The quantitative estimate of drug-likeness (QED) is 0.740. The second kappa shape index (κ2) is 8.91. The normalized spacial score (nSPS) is 15.3. The molecule has 0 aromatic heterocycles. The van der Waals surface area contributed by atoms with E-state index in [1.165, 1.54) is 22.5 Å². The third-order valence-electron chi connectivity index (χ3n) is 4.46. The second-order valence-corrected chi connectivity index (χ2v) is 8.79. The van der Waals surface area contributed by atoms with Crippen molar-refractivity contribution in [1.29, 1.82) is 0 Å². The van der Waals surface area contributed by atoms with Crippen LogP contribution in [0.2, 0.25) is 5.02 Å². The maximum atomic E-state index is 12.7. The SMILES string of the molecule is O=C(NCc1ccccc1CS(=O)(=O)N1CCOCC1)c1cc(Cl)ccc1O. The molecule has 1 saturated heterocycles. The summed E-state index contributed by atoms with van der Waals surface area (Å²) >= 11 is 5.88. The highest BCUT2D eigenvalue weighted by molar-refractivity contribution is 7.88. The molecule has 0 unspecified atom stereocenters. The van der Waals surface area contributed by atoms with Crippen LogP contribution in [0.5, 0.6) is 5.75 Å². The molecular formula is C19H21ClN2O5S. The van der Waals surface area contributed by atoms with Crippen LogP contribution in [0, 0.1) is 0 Å². The highest BCUT2D eigenvalue weighted by Gasteiger charge is 2.25. The van der Waals surface area contributed by atoms with Gasteiger partial charge < -0.3 is 15.2 Å². The zero-order valence-corrected chi connectivity index (χ0v) is 16.7. The molecule has 28 heavy (non-hydrogen) atoms. The number of carbonyl (C=O) groups excluding carboxylic acids is 1. The zero-order chi connectivity index (χ0) is 20.1. The molecule has 7 nitrogen and oxygen atoms in total. The second-order valence-electron chi connectivity index (χ2n) is 6.38. The van der Waals surface area contributed by atoms with Gasteiger partial charge in [-0.3, -0.25) is 4.79 Å². The van der Waals surface area contributed by atoms with E-state index in [1.807, 2.05) is 0 Å². The monoisotopic (exact) mass is 424 g/mol. The van der Waals surface area contributed by atoms with Crippen molar-refractivity contribution >= 4 is 27.5 Å². The first-order chi connectivity index (χ1) is 13.4. The van der Waals surface area contributed by atoms with Crippen LogP contribution < -0.4 is 5.32 Å². The Morgan fingerprint density at radius 3 is 2.54 bits per heavy atom. The van der Waals surface area contributed by atoms with E-state index in [-0.39, 0.29) is 23.6 Å². The highest BCUT2D eigenvalue weighted by Crippen LogP contribution is 2.22. The Hall–Kier alpha value is -2.13. The van der Waals surface area contributed by atoms with E-state index in [0.717, 1.165) is 0 Å². The summed E-state index contributed by atoms with van der Waals surface area (Å²) in [5.41, 5.74) is 1.37. The Bertz CT molecular complexity index is 959. The van der Waals surface area contributed by atoms with Crippen molar-refractivity contribution in [2.45, 2.75) is 12.3 Å². The number of benzene rings is 2. The molecule has 9 heteroatoms. The minimum Gasteiger partial charge on any atom is -0.507 e. The summed E-state index contributed by atoms with van der Waals surface area (Å²) in [5.74, 6) is -0.822. The molecule has 0 spiro atoms. The molecule has 1 fully saturated rings. The van der Waals surface area contributed by atoms with E-state index in [9.17, 15) is 18.3 Å². The predicted octanol–water partition coefficient (Wildman–Crippen LogP) is 2.14. The van der Waals surface area contributed by atoms with E-state index < -0.39 is 15.9 Å². The van der Waals surface area contributed by atoms with Gasteiger partial charge in [0.05, 0.1) is 24.5 Å². The van der Waals surface area contributed by atoms with Gasteiger partial charge in [-0.1, -0.05) is 35.9 Å². The predicted molar refractivity (Wildman–Crippen MR) is 106 cm³/mol. The van der Waals surface area contributed by atoms with E-state index >= 15 is 0 Å². The number of rotatable bonds is 6. The molecule has 1 aliphatic heterocycles. The van der Waals surface area contributed by atoms with Gasteiger partial charge in [0.25, 0.3) is 5.91 Å². The summed E-state index contributed by atoms with van der Waals surface area (Å²) < 4.78 is 32.0. The lowest BCUT2D eigenvalue weighted by Gasteiger charge is -2.26. The molecule has 1 amide bonds. The first kappa shape index (κ1) is 20.6. The molecule has 2 N–H and O–H groups in total. The Balaban J connectivity index is 1.72. The lowest BCUT2D eigenvalue weighted by Crippen LogP contribution is -2.41. The van der Waals surface area contributed by atoms with Crippen LogP contribution in [0.4, 0.5) is 0 Å². The summed E-state index contributed by atoms with van der Waals surface area (Å²) in [4.78, 5) is 12.4. The number of morpholine rings is 1.